The van der Waals surface area contributed by atoms with Crippen molar-refractivity contribution in [1.29, 1.82) is 0 Å². The number of rotatable bonds is 7. The van der Waals surface area contributed by atoms with Gasteiger partial charge in [0, 0.05) is 29.3 Å². The standard InChI is InChI=1S/C15H21NOS/c1-3-8-16-14(11-12-6-5-10-18-12)13-7-9-17-15(13)4-2/h5-7,9-10,14,16H,3-4,8,11H2,1-2H3. The smallest absolute Gasteiger partial charge is 0.108 e. The molecule has 1 unspecified atom stereocenters. The third-order valence-corrected chi connectivity index (χ3v) is 4.00. The average molecular weight is 263 g/mol. The highest BCUT2D eigenvalue weighted by molar-refractivity contribution is 7.09. The zero-order valence-corrected chi connectivity index (χ0v) is 11.9. The van der Waals surface area contributed by atoms with E-state index in [-0.39, 0.29) is 0 Å². The fourth-order valence-corrected chi connectivity index (χ4v) is 2.94. The predicted molar refractivity (Wildman–Crippen MR) is 77.1 cm³/mol. The van der Waals surface area contributed by atoms with Gasteiger partial charge in [-0.15, -0.1) is 11.3 Å². The lowest BCUT2D eigenvalue weighted by molar-refractivity contribution is 0.483. The maximum absolute atomic E-state index is 5.56. The van der Waals surface area contributed by atoms with Gasteiger partial charge in [0.15, 0.2) is 0 Å². The molecular weight excluding hydrogens is 242 g/mol. The molecule has 0 aliphatic rings. The van der Waals surface area contributed by atoms with E-state index in [1.807, 2.05) is 17.6 Å². The lowest BCUT2D eigenvalue weighted by atomic mass is 10.0. The van der Waals surface area contributed by atoms with E-state index in [1.165, 1.54) is 10.4 Å². The first-order chi connectivity index (χ1) is 8.85. The molecule has 2 aromatic heterocycles. The van der Waals surface area contributed by atoms with Crippen LogP contribution in [0.1, 0.15) is 42.5 Å². The number of aryl methyl sites for hydroxylation is 1. The second-order valence-corrected chi connectivity index (χ2v) is 5.48. The third-order valence-electron chi connectivity index (χ3n) is 3.10. The molecule has 0 spiro atoms. The molecule has 0 saturated carbocycles. The Bertz CT molecular complexity index is 447. The third kappa shape index (κ3) is 3.24. The number of hydrogen-bond donors (Lipinski definition) is 1. The van der Waals surface area contributed by atoms with Crippen LogP contribution in [0, 0.1) is 0 Å². The van der Waals surface area contributed by atoms with Gasteiger partial charge in [-0.1, -0.05) is 19.9 Å². The normalized spacial score (nSPS) is 12.8. The van der Waals surface area contributed by atoms with Gasteiger partial charge in [-0.3, -0.25) is 0 Å². The van der Waals surface area contributed by atoms with Gasteiger partial charge in [0.1, 0.15) is 5.76 Å². The fourth-order valence-electron chi connectivity index (χ4n) is 2.19. The highest BCUT2D eigenvalue weighted by atomic mass is 32.1. The van der Waals surface area contributed by atoms with Crippen LogP contribution in [0.5, 0.6) is 0 Å². The van der Waals surface area contributed by atoms with Crippen molar-refractivity contribution in [3.63, 3.8) is 0 Å². The maximum atomic E-state index is 5.56. The molecule has 0 aliphatic carbocycles. The first-order valence-electron chi connectivity index (χ1n) is 6.67. The summed E-state index contributed by atoms with van der Waals surface area (Å²) in [5.74, 6) is 1.11. The number of furan rings is 1. The Morgan fingerprint density at radius 2 is 2.22 bits per heavy atom. The molecule has 0 fully saturated rings. The molecule has 0 amide bonds. The van der Waals surface area contributed by atoms with Crippen molar-refractivity contribution in [2.45, 2.75) is 39.2 Å². The lowest BCUT2D eigenvalue weighted by Gasteiger charge is -2.17. The molecule has 2 nitrogen and oxygen atoms in total. The summed E-state index contributed by atoms with van der Waals surface area (Å²) in [4.78, 5) is 1.42. The van der Waals surface area contributed by atoms with Crippen LogP contribution in [0.2, 0.25) is 0 Å². The van der Waals surface area contributed by atoms with Gasteiger partial charge in [-0.2, -0.15) is 0 Å². The van der Waals surface area contributed by atoms with E-state index in [2.05, 4.69) is 42.7 Å². The number of nitrogens with one attached hydrogen (secondary N) is 1. The van der Waals surface area contributed by atoms with Crippen molar-refractivity contribution >= 4 is 11.3 Å². The van der Waals surface area contributed by atoms with E-state index in [9.17, 15) is 0 Å². The van der Waals surface area contributed by atoms with E-state index < -0.39 is 0 Å². The predicted octanol–water partition coefficient (Wildman–Crippen LogP) is 4.19. The van der Waals surface area contributed by atoms with Crippen LogP contribution in [0.15, 0.2) is 34.3 Å². The average Bonchev–Trinajstić information content (AvgIpc) is 3.04. The van der Waals surface area contributed by atoms with Gasteiger partial charge in [0.25, 0.3) is 0 Å². The highest BCUT2D eigenvalue weighted by Gasteiger charge is 2.17. The minimum Gasteiger partial charge on any atom is -0.469 e. The molecule has 2 heterocycles. The van der Waals surface area contributed by atoms with E-state index in [1.54, 1.807) is 0 Å². The van der Waals surface area contributed by atoms with E-state index in [0.29, 0.717) is 6.04 Å². The van der Waals surface area contributed by atoms with Crippen molar-refractivity contribution in [1.82, 2.24) is 5.32 Å². The molecule has 0 aliphatic heterocycles. The summed E-state index contributed by atoms with van der Waals surface area (Å²) in [6.07, 6.45) is 4.96. The molecular formula is C15H21NOS. The van der Waals surface area contributed by atoms with Crippen LogP contribution in [-0.2, 0) is 12.8 Å². The van der Waals surface area contributed by atoms with Crippen molar-refractivity contribution < 1.29 is 4.42 Å². The Hall–Kier alpha value is -1.06. The fraction of sp³-hybridized carbons (Fsp3) is 0.467. The Kier molecular flexibility index (Phi) is 5.02. The quantitative estimate of drug-likeness (QED) is 0.810. The summed E-state index contributed by atoms with van der Waals surface area (Å²) < 4.78 is 5.56. The molecule has 18 heavy (non-hydrogen) atoms. The van der Waals surface area contributed by atoms with Crippen molar-refractivity contribution in [3.05, 3.63) is 46.0 Å². The van der Waals surface area contributed by atoms with E-state index in [4.69, 9.17) is 4.42 Å². The SMILES string of the molecule is CCCNC(Cc1cccs1)c1ccoc1CC. The second kappa shape index (κ2) is 6.76. The summed E-state index contributed by atoms with van der Waals surface area (Å²) in [6.45, 7) is 5.39. The Morgan fingerprint density at radius 1 is 1.33 bits per heavy atom. The molecule has 0 radical (unpaired) electrons. The molecule has 3 heteroatoms. The van der Waals surface area contributed by atoms with Crippen LogP contribution in [0.25, 0.3) is 0 Å². The molecule has 0 bridgehead atoms. The summed E-state index contributed by atoms with van der Waals surface area (Å²) in [5, 5.41) is 5.77. The topological polar surface area (TPSA) is 25.2 Å². The van der Waals surface area contributed by atoms with Gasteiger partial charge in [0.2, 0.25) is 0 Å². The van der Waals surface area contributed by atoms with Gasteiger partial charge in [-0.05, 0) is 30.5 Å². The van der Waals surface area contributed by atoms with Gasteiger partial charge in [-0.25, -0.2) is 0 Å². The number of hydrogen-bond acceptors (Lipinski definition) is 3. The van der Waals surface area contributed by atoms with Gasteiger partial charge in [0.05, 0.1) is 6.26 Å². The molecule has 0 saturated heterocycles. The molecule has 1 atom stereocenters. The van der Waals surface area contributed by atoms with Crippen molar-refractivity contribution in [2.24, 2.45) is 0 Å². The zero-order valence-electron chi connectivity index (χ0n) is 11.1. The van der Waals surface area contributed by atoms with Crippen LogP contribution in [0.4, 0.5) is 0 Å². The largest absolute Gasteiger partial charge is 0.469 e. The molecule has 1 N–H and O–H groups in total. The Balaban J connectivity index is 2.14. The van der Waals surface area contributed by atoms with Gasteiger partial charge < -0.3 is 9.73 Å². The highest BCUT2D eigenvalue weighted by Crippen LogP contribution is 2.25. The molecule has 2 rings (SSSR count). The van der Waals surface area contributed by atoms with Crippen LogP contribution < -0.4 is 5.32 Å². The minimum atomic E-state index is 0.372. The summed E-state index contributed by atoms with van der Waals surface area (Å²) >= 11 is 1.82. The molecule has 98 valence electrons. The number of thiophene rings is 1. The van der Waals surface area contributed by atoms with E-state index >= 15 is 0 Å². The van der Waals surface area contributed by atoms with Crippen LogP contribution >= 0.6 is 11.3 Å². The van der Waals surface area contributed by atoms with Crippen molar-refractivity contribution in [3.8, 4) is 0 Å². The maximum Gasteiger partial charge on any atom is 0.108 e. The zero-order chi connectivity index (χ0) is 12.8. The van der Waals surface area contributed by atoms with Gasteiger partial charge >= 0.3 is 0 Å². The van der Waals surface area contributed by atoms with Crippen LogP contribution in [-0.4, -0.2) is 6.54 Å². The summed E-state index contributed by atoms with van der Waals surface area (Å²) in [5.41, 5.74) is 1.32. The Morgan fingerprint density at radius 3 is 2.89 bits per heavy atom. The summed E-state index contributed by atoms with van der Waals surface area (Å²) in [6, 6.07) is 6.81. The summed E-state index contributed by atoms with van der Waals surface area (Å²) in [7, 11) is 0. The van der Waals surface area contributed by atoms with Crippen LogP contribution in [0.3, 0.4) is 0 Å². The molecule has 0 aromatic carbocycles. The molecule has 2 aromatic rings. The minimum absolute atomic E-state index is 0.372. The first kappa shape index (κ1) is 13.4. The first-order valence-corrected chi connectivity index (χ1v) is 7.55. The van der Waals surface area contributed by atoms with Crippen molar-refractivity contribution in [2.75, 3.05) is 6.54 Å². The second-order valence-electron chi connectivity index (χ2n) is 4.44. The Labute approximate surface area is 113 Å². The van der Waals surface area contributed by atoms with E-state index in [0.717, 1.165) is 31.6 Å². The monoisotopic (exact) mass is 263 g/mol. The lowest BCUT2D eigenvalue weighted by Crippen LogP contribution is -2.24.